The highest BCUT2D eigenvalue weighted by molar-refractivity contribution is 7.46. The van der Waals surface area contributed by atoms with Gasteiger partial charge in [0.2, 0.25) is 0 Å². The van der Waals surface area contributed by atoms with Crippen molar-refractivity contribution < 1.29 is 37.8 Å². The van der Waals surface area contributed by atoms with Crippen molar-refractivity contribution in [1.82, 2.24) is 0 Å². The van der Waals surface area contributed by atoms with Crippen molar-refractivity contribution in [2.24, 2.45) is 0 Å². The van der Waals surface area contributed by atoms with Gasteiger partial charge in [0.1, 0.15) is 0 Å². The number of hydrogen-bond acceptors (Lipinski definition) is 5. The summed E-state index contributed by atoms with van der Waals surface area (Å²) in [7, 11) is -8.69. The molecular formula is C8H25O8P2-. The predicted octanol–water partition coefficient (Wildman–Crippen LogP) is 1.65. The fourth-order valence-electron chi connectivity index (χ4n) is 0.541. The second-order valence-electron chi connectivity index (χ2n) is 3.27. The van der Waals surface area contributed by atoms with Gasteiger partial charge >= 0.3 is 7.82 Å². The molecule has 0 fully saturated rings. The maximum absolute atomic E-state index is 9.91. The third-order valence-electron chi connectivity index (χ3n) is 0.692. The van der Waals surface area contributed by atoms with E-state index in [4.69, 9.17) is 14.7 Å². The molecule has 116 valence electrons. The molecule has 1 atom stereocenters. The predicted molar refractivity (Wildman–Crippen MR) is 67.8 cm³/mol. The maximum Gasteiger partial charge on any atom is 0.469 e. The molecule has 0 aliphatic rings. The summed E-state index contributed by atoms with van der Waals surface area (Å²) in [6, 6.07) is 0. The Morgan fingerprint density at radius 3 is 1.17 bits per heavy atom. The molecule has 0 rings (SSSR count). The van der Waals surface area contributed by atoms with E-state index in [1.807, 2.05) is 0 Å². The van der Waals surface area contributed by atoms with E-state index in [1.165, 1.54) is 13.8 Å². The first-order chi connectivity index (χ1) is 6.83. The van der Waals surface area contributed by atoms with Crippen LogP contribution in [0.5, 0.6) is 0 Å². The SMILES string of the molecule is C.C.CC(C)OP(=O)(O)O.CC(C)OP(=O)([O-])O. The normalized spacial score (nSPS) is 13.9. The van der Waals surface area contributed by atoms with Gasteiger partial charge in [-0.3, -0.25) is 9.09 Å². The van der Waals surface area contributed by atoms with E-state index in [9.17, 15) is 14.0 Å². The van der Waals surface area contributed by atoms with E-state index in [0.29, 0.717) is 0 Å². The molecule has 0 aliphatic carbocycles. The van der Waals surface area contributed by atoms with Crippen molar-refractivity contribution in [2.75, 3.05) is 0 Å². The molecule has 3 N–H and O–H groups in total. The van der Waals surface area contributed by atoms with Crippen LogP contribution in [0.15, 0.2) is 0 Å². The highest BCUT2D eigenvalue weighted by atomic mass is 31.2. The number of hydrogen-bond donors (Lipinski definition) is 3. The monoisotopic (exact) mass is 311 g/mol. The molecule has 0 aromatic heterocycles. The van der Waals surface area contributed by atoms with Gasteiger partial charge in [-0.2, -0.15) is 0 Å². The Bertz CT molecular complexity index is 238. The van der Waals surface area contributed by atoms with Crippen LogP contribution in [-0.2, 0) is 18.2 Å². The van der Waals surface area contributed by atoms with Crippen molar-refractivity contribution in [3.05, 3.63) is 0 Å². The van der Waals surface area contributed by atoms with Crippen LogP contribution in [-0.4, -0.2) is 26.9 Å². The Hall–Kier alpha value is 0.220. The summed E-state index contributed by atoms with van der Waals surface area (Å²) < 4.78 is 27.8. The minimum absolute atomic E-state index is 0. The van der Waals surface area contributed by atoms with Gasteiger partial charge in [0.05, 0.1) is 12.2 Å². The molecule has 0 aromatic carbocycles. The second-order valence-corrected chi connectivity index (χ2v) is 5.61. The highest BCUT2D eigenvalue weighted by Crippen LogP contribution is 2.37. The maximum atomic E-state index is 9.91. The van der Waals surface area contributed by atoms with Crippen LogP contribution in [0.4, 0.5) is 0 Å². The standard InChI is InChI=1S/2C3H9O4P.2CH4/c2*1-3(2)7-8(4,5)6;;/h2*3H,1-2H3,(H2,4,5,6);2*1H4/p-1. The quantitative estimate of drug-likeness (QED) is 0.666. The summed E-state index contributed by atoms with van der Waals surface area (Å²) in [6.07, 6.45) is -0.904. The lowest BCUT2D eigenvalue weighted by Crippen LogP contribution is -2.08. The molecule has 0 bridgehead atoms. The van der Waals surface area contributed by atoms with Crippen LogP contribution in [0, 0.1) is 0 Å². The Labute approximate surface area is 109 Å². The zero-order valence-corrected chi connectivity index (χ0v) is 11.2. The molecule has 0 saturated carbocycles. The van der Waals surface area contributed by atoms with Crippen LogP contribution in [0.3, 0.4) is 0 Å². The topological polar surface area (TPSA) is 136 Å². The van der Waals surface area contributed by atoms with Gasteiger partial charge in [-0.1, -0.05) is 14.9 Å². The zero-order valence-electron chi connectivity index (χ0n) is 9.43. The summed E-state index contributed by atoms with van der Waals surface area (Å²) in [5.41, 5.74) is 0. The molecule has 1 unspecified atom stereocenters. The Morgan fingerprint density at radius 2 is 1.17 bits per heavy atom. The molecule has 10 heteroatoms. The summed E-state index contributed by atoms with van der Waals surface area (Å²) in [5.74, 6) is 0. The van der Waals surface area contributed by atoms with Crippen molar-refractivity contribution in [3.63, 3.8) is 0 Å². The molecule has 0 saturated heterocycles. The summed E-state index contributed by atoms with van der Waals surface area (Å²) in [5, 5.41) is 0. The molecule has 0 spiro atoms. The number of phosphoric acid groups is 2. The van der Waals surface area contributed by atoms with Crippen LogP contribution in [0.2, 0.25) is 0 Å². The summed E-state index contributed by atoms with van der Waals surface area (Å²) >= 11 is 0. The van der Waals surface area contributed by atoms with Gasteiger partial charge in [-0.25, -0.2) is 4.57 Å². The third kappa shape index (κ3) is 36.0. The Kier molecular flexibility index (Phi) is 16.4. The fraction of sp³-hybridized carbons (Fsp3) is 1.00. The van der Waals surface area contributed by atoms with E-state index < -0.39 is 27.9 Å². The van der Waals surface area contributed by atoms with Crippen LogP contribution < -0.4 is 4.89 Å². The minimum Gasteiger partial charge on any atom is -0.756 e. The van der Waals surface area contributed by atoms with Crippen molar-refractivity contribution in [2.45, 2.75) is 54.8 Å². The van der Waals surface area contributed by atoms with Gasteiger partial charge in [0, 0.05) is 0 Å². The Balaban J connectivity index is -0.0000000980. The molecule has 0 radical (unpaired) electrons. The minimum atomic E-state index is -4.47. The number of rotatable bonds is 4. The lowest BCUT2D eigenvalue weighted by molar-refractivity contribution is -0.222. The lowest BCUT2D eigenvalue weighted by Gasteiger charge is -2.17. The molecule has 8 nitrogen and oxygen atoms in total. The molecule has 0 amide bonds. The average molecular weight is 311 g/mol. The molecule has 18 heavy (non-hydrogen) atoms. The fourth-order valence-corrected chi connectivity index (χ4v) is 1.62. The van der Waals surface area contributed by atoms with E-state index in [1.54, 1.807) is 13.8 Å². The molecule has 0 heterocycles. The highest BCUT2D eigenvalue weighted by Gasteiger charge is 2.14. The summed E-state index contributed by atoms with van der Waals surface area (Å²) in [6.45, 7) is 6.14. The zero-order chi connectivity index (χ0) is 13.6. The van der Waals surface area contributed by atoms with E-state index in [-0.39, 0.29) is 14.9 Å². The Morgan fingerprint density at radius 1 is 0.889 bits per heavy atom. The smallest absolute Gasteiger partial charge is 0.469 e. The first kappa shape index (κ1) is 26.7. The first-order valence-electron chi connectivity index (χ1n) is 4.29. The van der Waals surface area contributed by atoms with Gasteiger partial charge in [-0.05, 0) is 27.7 Å². The molecule has 0 aliphatic heterocycles. The second kappa shape index (κ2) is 11.1. The lowest BCUT2D eigenvalue weighted by atomic mass is 10.5. The van der Waals surface area contributed by atoms with Gasteiger partial charge in [0.15, 0.2) is 0 Å². The first-order valence-corrected chi connectivity index (χ1v) is 7.32. The van der Waals surface area contributed by atoms with E-state index in [2.05, 4.69) is 9.05 Å². The average Bonchev–Trinajstić information content (AvgIpc) is 1.72. The van der Waals surface area contributed by atoms with Crippen molar-refractivity contribution in [1.29, 1.82) is 0 Å². The van der Waals surface area contributed by atoms with Gasteiger partial charge < -0.3 is 24.1 Å². The van der Waals surface area contributed by atoms with Crippen LogP contribution in [0.25, 0.3) is 0 Å². The van der Waals surface area contributed by atoms with E-state index >= 15 is 0 Å². The van der Waals surface area contributed by atoms with Crippen LogP contribution >= 0.6 is 15.6 Å². The summed E-state index contributed by atoms with van der Waals surface area (Å²) in [4.78, 5) is 33.9. The number of phosphoric ester groups is 2. The van der Waals surface area contributed by atoms with Gasteiger partial charge in [0.25, 0.3) is 7.82 Å². The molecular weight excluding hydrogens is 286 g/mol. The van der Waals surface area contributed by atoms with Gasteiger partial charge in [-0.15, -0.1) is 0 Å². The molecule has 0 aromatic rings. The van der Waals surface area contributed by atoms with E-state index in [0.717, 1.165) is 0 Å². The van der Waals surface area contributed by atoms with Crippen LogP contribution in [0.1, 0.15) is 42.5 Å². The van der Waals surface area contributed by atoms with Crippen molar-refractivity contribution in [3.8, 4) is 0 Å². The van der Waals surface area contributed by atoms with Crippen molar-refractivity contribution >= 4 is 15.6 Å². The largest absolute Gasteiger partial charge is 0.756 e. The third-order valence-corrected chi connectivity index (χ3v) is 2.08.